The van der Waals surface area contributed by atoms with Gasteiger partial charge < -0.3 is 26.0 Å². The molecule has 0 saturated carbocycles. The molecule has 20 heavy (non-hydrogen) atoms. The molecular weight excluding hydrogens is 284 g/mol. The van der Waals surface area contributed by atoms with Crippen LogP contribution in [0.4, 0.5) is 4.79 Å². The molecule has 1 heterocycles. The van der Waals surface area contributed by atoms with Crippen molar-refractivity contribution in [2.24, 2.45) is 11.7 Å². The van der Waals surface area contributed by atoms with Crippen LogP contribution in [0.25, 0.3) is 0 Å². The number of amides is 1. The lowest BCUT2D eigenvalue weighted by atomic mass is 9.96. The van der Waals surface area contributed by atoms with Crippen molar-refractivity contribution in [1.29, 1.82) is 0 Å². The smallest absolute Gasteiger partial charge is 0.402 e. The summed E-state index contributed by atoms with van der Waals surface area (Å²) in [6.07, 6.45) is -1.72. The molecule has 0 aromatic heterocycles. The first-order chi connectivity index (χ1) is 9.45. The molecule has 1 amide bonds. The first-order valence-corrected chi connectivity index (χ1v) is 6.58. The average molecular weight is 301 g/mol. The quantitative estimate of drug-likeness (QED) is 0.626. The first-order valence-electron chi connectivity index (χ1n) is 6.20. The fourth-order valence-electron chi connectivity index (χ4n) is 2.92. The highest BCUT2D eigenvalue weighted by Gasteiger charge is 2.43. The second kappa shape index (κ2) is 5.87. The zero-order chi connectivity index (χ0) is 14.9. The topological polar surface area (TPSA) is 105 Å². The van der Waals surface area contributed by atoms with Crippen molar-refractivity contribution < 1.29 is 19.7 Å². The molecule has 7 heteroatoms. The van der Waals surface area contributed by atoms with Crippen LogP contribution in [0.2, 0.25) is 5.02 Å². The van der Waals surface area contributed by atoms with E-state index in [1.165, 1.54) is 5.56 Å². The van der Waals surface area contributed by atoms with Gasteiger partial charge in [-0.05, 0) is 23.3 Å². The minimum absolute atomic E-state index is 0.290. The number of hydrogen-bond acceptors (Lipinski definition) is 4. The zero-order valence-corrected chi connectivity index (χ0v) is 11.7. The van der Waals surface area contributed by atoms with Crippen LogP contribution in [0.15, 0.2) is 12.1 Å². The Morgan fingerprint density at radius 1 is 1.45 bits per heavy atom. The summed E-state index contributed by atoms with van der Waals surface area (Å²) in [5, 5.41) is 21.3. The Morgan fingerprint density at radius 2 is 2.10 bits per heavy atom. The van der Waals surface area contributed by atoms with E-state index >= 15 is 0 Å². The van der Waals surface area contributed by atoms with Crippen LogP contribution in [-0.4, -0.2) is 36.5 Å². The molecule has 1 aromatic carbocycles. The second-order valence-corrected chi connectivity index (χ2v) is 5.23. The highest BCUT2D eigenvalue weighted by atomic mass is 35.5. The maximum atomic E-state index is 10.2. The number of rotatable bonds is 1. The van der Waals surface area contributed by atoms with Gasteiger partial charge in [0.15, 0.2) is 0 Å². The number of carboxylic acid groups (broad SMARTS) is 1. The molecule has 1 saturated heterocycles. The standard InChI is InChI=1S/C12H14ClNO2.CH3NO2/c1-16-11-3-6-7(2-10(11)13)12(15)9-5-14-4-8(6)9;2-1(3)4/h2-3,8-9,12,14-15H,4-5H2,1H3;2H2,(H,3,4). The third-order valence-corrected chi connectivity index (χ3v) is 4.04. The van der Waals surface area contributed by atoms with E-state index in [1.807, 2.05) is 12.1 Å². The van der Waals surface area contributed by atoms with Crippen LogP contribution in [0.3, 0.4) is 0 Å². The van der Waals surface area contributed by atoms with Crippen molar-refractivity contribution in [2.75, 3.05) is 20.2 Å². The average Bonchev–Trinajstić information content (AvgIpc) is 2.93. The third kappa shape index (κ3) is 2.67. The van der Waals surface area contributed by atoms with Gasteiger partial charge in [-0.1, -0.05) is 11.6 Å². The van der Waals surface area contributed by atoms with Crippen molar-refractivity contribution in [3.05, 3.63) is 28.3 Å². The van der Waals surface area contributed by atoms with Gasteiger partial charge in [-0.2, -0.15) is 0 Å². The van der Waals surface area contributed by atoms with Crippen molar-refractivity contribution in [2.45, 2.75) is 12.0 Å². The van der Waals surface area contributed by atoms with Gasteiger partial charge in [0.05, 0.1) is 18.2 Å². The Morgan fingerprint density at radius 3 is 2.70 bits per heavy atom. The summed E-state index contributed by atoms with van der Waals surface area (Å²) in [5.41, 5.74) is 6.19. The van der Waals surface area contributed by atoms with Gasteiger partial charge in [0.25, 0.3) is 0 Å². The molecule has 0 radical (unpaired) electrons. The highest BCUT2D eigenvalue weighted by Crippen LogP contribution is 2.49. The first kappa shape index (κ1) is 14.9. The van der Waals surface area contributed by atoms with E-state index in [2.05, 4.69) is 11.1 Å². The fourth-order valence-corrected chi connectivity index (χ4v) is 3.17. The van der Waals surface area contributed by atoms with Crippen LogP contribution >= 0.6 is 11.6 Å². The monoisotopic (exact) mass is 300 g/mol. The maximum absolute atomic E-state index is 10.2. The van der Waals surface area contributed by atoms with Crippen LogP contribution in [0, 0.1) is 5.92 Å². The molecule has 3 rings (SSSR count). The molecule has 110 valence electrons. The SMILES string of the molecule is COc1cc2c(cc1Cl)C(O)C1CNCC21.NC(=O)O. The number of nitrogens with one attached hydrogen (secondary N) is 1. The van der Waals surface area contributed by atoms with Crippen LogP contribution in [0.1, 0.15) is 23.1 Å². The number of methoxy groups -OCH3 is 1. The molecule has 2 aliphatic rings. The molecule has 3 atom stereocenters. The lowest BCUT2D eigenvalue weighted by Crippen LogP contribution is -2.14. The number of ether oxygens (including phenoxy) is 1. The van der Waals surface area contributed by atoms with Crippen molar-refractivity contribution in [3.63, 3.8) is 0 Å². The van der Waals surface area contributed by atoms with E-state index < -0.39 is 12.2 Å². The van der Waals surface area contributed by atoms with Crippen LogP contribution in [-0.2, 0) is 0 Å². The van der Waals surface area contributed by atoms with E-state index in [1.54, 1.807) is 7.11 Å². The number of primary amides is 1. The lowest BCUT2D eigenvalue weighted by molar-refractivity contribution is 0.126. The summed E-state index contributed by atoms with van der Waals surface area (Å²) in [6, 6.07) is 3.82. The zero-order valence-electron chi connectivity index (χ0n) is 11.0. The van der Waals surface area contributed by atoms with Gasteiger partial charge in [-0.25, -0.2) is 4.79 Å². The number of benzene rings is 1. The van der Waals surface area contributed by atoms with Gasteiger partial charge in [-0.3, -0.25) is 0 Å². The van der Waals surface area contributed by atoms with Crippen LogP contribution < -0.4 is 15.8 Å². The summed E-state index contributed by atoms with van der Waals surface area (Å²) in [7, 11) is 1.61. The predicted molar refractivity (Wildman–Crippen MR) is 74.3 cm³/mol. The Kier molecular flexibility index (Phi) is 4.37. The largest absolute Gasteiger partial charge is 0.495 e. The second-order valence-electron chi connectivity index (χ2n) is 4.83. The van der Waals surface area contributed by atoms with Crippen molar-refractivity contribution in [3.8, 4) is 5.75 Å². The Hall–Kier alpha value is -1.50. The van der Waals surface area contributed by atoms with Gasteiger partial charge in [0.1, 0.15) is 5.75 Å². The summed E-state index contributed by atoms with van der Waals surface area (Å²) in [4.78, 5) is 8.78. The van der Waals surface area contributed by atoms with Crippen LogP contribution in [0.5, 0.6) is 5.75 Å². The van der Waals surface area contributed by atoms with E-state index in [-0.39, 0.29) is 5.92 Å². The Bertz CT molecular complexity index is 519. The molecule has 3 unspecified atom stereocenters. The summed E-state index contributed by atoms with van der Waals surface area (Å²) in [6.45, 7) is 1.81. The minimum atomic E-state index is -1.33. The number of aliphatic hydroxyl groups excluding tert-OH is 1. The predicted octanol–water partition coefficient (Wildman–Crippen LogP) is 1.32. The van der Waals surface area contributed by atoms with E-state index in [4.69, 9.17) is 26.2 Å². The van der Waals surface area contributed by atoms with E-state index in [9.17, 15) is 5.11 Å². The molecule has 1 aliphatic heterocycles. The number of fused-ring (bicyclic) bond motifs is 3. The molecule has 1 fully saturated rings. The molecular formula is C13H17ClN2O4. The molecule has 5 N–H and O–H groups in total. The van der Waals surface area contributed by atoms with Crippen molar-refractivity contribution >= 4 is 17.7 Å². The third-order valence-electron chi connectivity index (χ3n) is 3.74. The molecule has 6 nitrogen and oxygen atoms in total. The number of hydrogen-bond donors (Lipinski definition) is 4. The number of carbonyl (C=O) groups is 1. The van der Waals surface area contributed by atoms with Crippen molar-refractivity contribution in [1.82, 2.24) is 5.32 Å². The van der Waals surface area contributed by atoms with Gasteiger partial charge in [-0.15, -0.1) is 0 Å². The number of nitrogens with two attached hydrogens (primary N) is 1. The van der Waals surface area contributed by atoms with Gasteiger partial charge >= 0.3 is 6.09 Å². The molecule has 0 bridgehead atoms. The molecule has 1 aliphatic carbocycles. The number of aliphatic hydroxyl groups is 1. The number of halogens is 1. The van der Waals surface area contributed by atoms with Gasteiger partial charge in [0, 0.05) is 24.9 Å². The molecule has 1 aromatic rings. The normalized spacial score (nSPS) is 26.2. The summed E-state index contributed by atoms with van der Waals surface area (Å²) in [5.74, 6) is 1.38. The maximum Gasteiger partial charge on any atom is 0.402 e. The Labute approximate surface area is 121 Å². The minimum Gasteiger partial charge on any atom is -0.495 e. The highest BCUT2D eigenvalue weighted by molar-refractivity contribution is 6.32. The molecule has 0 spiro atoms. The Balaban J connectivity index is 0.000000328. The lowest BCUT2D eigenvalue weighted by Gasteiger charge is -2.11. The van der Waals surface area contributed by atoms with E-state index in [0.29, 0.717) is 16.7 Å². The van der Waals surface area contributed by atoms with E-state index in [0.717, 1.165) is 18.7 Å². The summed E-state index contributed by atoms with van der Waals surface area (Å²) < 4.78 is 5.22. The summed E-state index contributed by atoms with van der Waals surface area (Å²) >= 11 is 6.08. The fraction of sp³-hybridized carbons (Fsp3) is 0.462. The van der Waals surface area contributed by atoms with Gasteiger partial charge in [0.2, 0.25) is 0 Å².